The maximum Gasteiger partial charge on any atom is 0.362 e. The summed E-state index contributed by atoms with van der Waals surface area (Å²) in [5.74, 6) is -1.49. The van der Waals surface area contributed by atoms with Crippen LogP contribution in [0.25, 0.3) is 0 Å². The summed E-state index contributed by atoms with van der Waals surface area (Å²) in [6.45, 7) is 4.57. The van der Waals surface area contributed by atoms with E-state index in [-0.39, 0.29) is 36.2 Å². The van der Waals surface area contributed by atoms with Crippen LogP contribution in [0.4, 0.5) is 0 Å². The standard InChI is InChI=1S/C37H67NO7/c1-6-8-10-12-14-16-17-18-20-22-24-26-28-36(40)45-33(31-43-30-29-34(37(41)42)38(3,4)5)32-44-35(39)27-25-23-21-19-15-13-11-9-7-2/h8,10,14,16,33-34H,6-7,9,11-13,15,17-32H2,1-5H3/p+1/b10-8+,16-14+. The van der Waals surface area contributed by atoms with Gasteiger partial charge in [0.05, 0.1) is 34.4 Å². The molecule has 1 N–H and O–H groups in total. The molecule has 0 amide bonds. The Morgan fingerprint density at radius 1 is 0.689 bits per heavy atom. The summed E-state index contributed by atoms with van der Waals surface area (Å²) in [4.78, 5) is 36.6. The summed E-state index contributed by atoms with van der Waals surface area (Å²) in [6, 6.07) is -0.612. The van der Waals surface area contributed by atoms with Crippen molar-refractivity contribution in [3.63, 3.8) is 0 Å². The van der Waals surface area contributed by atoms with Crippen molar-refractivity contribution in [2.75, 3.05) is 41.0 Å². The van der Waals surface area contributed by atoms with E-state index < -0.39 is 18.1 Å². The van der Waals surface area contributed by atoms with E-state index in [0.717, 1.165) is 70.6 Å². The van der Waals surface area contributed by atoms with Crippen molar-refractivity contribution in [3.8, 4) is 0 Å². The number of carbonyl (C=O) groups excluding carboxylic acids is 2. The number of rotatable bonds is 31. The molecule has 0 aromatic rings. The largest absolute Gasteiger partial charge is 0.477 e. The SMILES string of the molecule is CC/C=C/C/C=C/CCCCCCCC(=O)OC(COCCC(C(=O)O)[N+](C)(C)C)COC(=O)CCCCCCCCCCC. The maximum atomic E-state index is 12.6. The fourth-order valence-electron chi connectivity index (χ4n) is 5.07. The van der Waals surface area contributed by atoms with Crippen LogP contribution >= 0.6 is 0 Å². The third-order valence-corrected chi connectivity index (χ3v) is 7.87. The molecule has 0 aliphatic carbocycles. The number of nitrogens with zero attached hydrogens (tertiary/aromatic N) is 1. The number of carbonyl (C=O) groups is 3. The quantitative estimate of drug-likeness (QED) is 0.0351. The third kappa shape index (κ3) is 27.8. The Morgan fingerprint density at radius 3 is 1.82 bits per heavy atom. The minimum Gasteiger partial charge on any atom is -0.477 e. The minimum absolute atomic E-state index is 0.0541. The Labute approximate surface area is 275 Å². The lowest BCUT2D eigenvalue weighted by molar-refractivity contribution is -0.887. The van der Waals surface area contributed by atoms with Gasteiger partial charge in [-0.05, 0) is 38.5 Å². The second-order valence-electron chi connectivity index (χ2n) is 13.1. The molecule has 8 nitrogen and oxygen atoms in total. The van der Waals surface area contributed by atoms with Crippen molar-refractivity contribution >= 4 is 17.9 Å². The van der Waals surface area contributed by atoms with E-state index in [0.29, 0.717) is 19.3 Å². The van der Waals surface area contributed by atoms with Crippen molar-refractivity contribution in [1.82, 2.24) is 0 Å². The molecule has 0 rings (SSSR count). The van der Waals surface area contributed by atoms with Gasteiger partial charge in [-0.25, -0.2) is 4.79 Å². The zero-order chi connectivity index (χ0) is 33.6. The molecule has 0 aliphatic rings. The molecule has 0 bridgehead atoms. The molecule has 0 heterocycles. The molecule has 2 atom stereocenters. The zero-order valence-corrected chi connectivity index (χ0v) is 29.6. The summed E-state index contributed by atoms with van der Waals surface area (Å²) in [5.41, 5.74) is 0. The van der Waals surface area contributed by atoms with Crippen molar-refractivity contribution in [2.24, 2.45) is 0 Å². The monoisotopic (exact) mass is 638 g/mol. The number of unbranched alkanes of at least 4 members (excludes halogenated alkanes) is 13. The van der Waals surface area contributed by atoms with Crippen LogP contribution in [0, 0.1) is 0 Å². The molecule has 262 valence electrons. The van der Waals surface area contributed by atoms with Crippen LogP contribution < -0.4 is 0 Å². The van der Waals surface area contributed by atoms with Gasteiger partial charge >= 0.3 is 17.9 Å². The van der Waals surface area contributed by atoms with Crippen molar-refractivity contribution in [3.05, 3.63) is 24.3 Å². The van der Waals surface area contributed by atoms with E-state index in [2.05, 4.69) is 38.2 Å². The Balaban J connectivity index is 4.48. The second-order valence-corrected chi connectivity index (χ2v) is 13.1. The molecule has 2 unspecified atom stereocenters. The molecule has 0 spiro atoms. The van der Waals surface area contributed by atoms with Crippen molar-refractivity contribution in [2.45, 2.75) is 154 Å². The van der Waals surface area contributed by atoms with Crippen LogP contribution in [0.1, 0.15) is 142 Å². The van der Waals surface area contributed by atoms with Gasteiger partial charge in [-0.15, -0.1) is 0 Å². The van der Waals surface area contributed by atoms with Gasteiger partial charge in [0, 0.05) is 19.3 Å². The number of carboxylic acids is 1. The first kappa shape index (κ1) is 42.8. The van der Waals surface area contributed by atoms with Crippen LogP contribution in [0.2, 0.25) is 0 Å². The van der Waals surface area contributed by atoms with Gasteiger partial charge in [0.2, 0.25) is 0 Å². The predicted molar refractivity (Wildman–Crippen MR) is 183 cm³/mol. The Kier molecular flexibility index (Phi) is 27.8. The van der Waals surface area contributed by atoms with E-state index in [1.165, 1.54) is 38.5 Å². The average molecular weight is 639 g/mol. The molecule has 45 heavy (non-hydrogen) atoms. The van der Waals surface area contributed by atoms with Crippen LogP contribution in [0.15, 0.2) is 24.3 Å². The first-order chi connectivity index (χ1) is 21.6. The molecular weight excluding hydrogens is 570 g/mol. The average Bonchev–Trinajstić information content (AvgIpc) is 2.98. The third-order valence-electron chi connectivity index (χ3n) is 7.87. The molecule has 8 heteroatoms. The molecule has 0 radical (unpaired) electrons. The van der Waals surface area contributed by atoms with Gasteiger partial charge < -0.3 is 23.8 Å². The van der Waals surface area contributed by atoms with Gasteiger partial charge in [0.25, 0.3) is 0 Å². The lowest BCUT2D eigenvalue weighted by Gasteiger charge is -2.31. The van der Waals surface area contributed by atoms with E-state index in [1.54, 1.807) is 0 Å². The molecule has 0 fully saturated rings. The number of carboxylic acid groups (broad SMARTS) is 1. The number of hydrogen-bond acceptors (Lipinski definition) is 6. The fraction of sp³-hybridized carbons (Fsp3) is 0.811. The van der Waals surface area contributed by atoms with E-state index in [1.807, 2.05) is 21.1 Å². The van der Waals surface area contributed by atoms with Gasteiger partial charge in [0.1, 0.15) is 6.61 Å². The van der Waals surface area contributed by atoms with Crippen molar-refractivity contribution < 1.29 is 38.2 Å². The highest BCUT2D eigenvalue weighted by atomic mass is 16.6. The maximum absolute atomic E-state index is 12.6. The number of allylic oxidation sites excluding steroid dienone is 4. The first-order valence-corrected chi connectivity index (χ1v) is 17.9. The van der Waals surface area contributed by atoms with E-state index >= 15 is 0 Å². The molecular formula is C37H68NO7+. The summed E-state index contributed by atoms with van der Waals surface area (Å²) in [6.07, 6.45) is 27.9. The van der Waals surface area contributed by atoms with Gasteiger partial charge in [-0.2, -0.15) is 0 Å². The Bertz CT molecular complexity index is 803. The Hall–Kier alpha value is -2.19. The molecule has 0 aliphatic heterocycles. The lowest BCUT2D eigenvalue weighted by Crippen LogP contribution is -2.50. The highest BCUT2D eigenvalue weighted by molar-refractivity contribution is 5.72. The normalized spacial score (nSPS) is 13.4. The number of quaternary nitrogens is 1. The number of ether oxygens (including phenoxy) is 3. The van der Waals surface area contributed by atoms with E-state index in [4.69, 9.17) is 14.2 Å². The van der Waals surface area contributed by atoms with Gasteiger partial charge in [-0.3, -0.25) is 9.59 Å². The zero-order valence-electron chi connectivity index (χ0n) is 29.6. The number of hydrogen-bond donors (Lipinski definition) is 1. The molecule has 0 aromatic carbocycles. The summed E-state index contributed by atoms with van der Waals surface area (Å²) < 4.78 is 17.1. The minimum atomic E-state index is -0.879. The summed E-state index contributed by atoms with van der Waals surface area (Å²) >= 11 is 0. The van der Waals surface area contributed by atoms with E-state index in [9.17, 15) is 19.5 Å². The number of likely N-dealkylation sites (N-methyl/N-ethyl adjacent to an activating group) is 1. The van der Waals surface area contributed by atoms with Gasteiger partial charge in [-0.1, -0.05) is 109 Å². The topological polar surface area (TPSA) is 99.1 Å². The molecule has 0 saturated heterocycles. The highest BCUT2D eigenvalue weighted by Crippen LogP contribution is 2.13. The summed E-state index contributed by atoms with van der Waals surface area (Å²) in [7, 11) is 5.50. The van der Waals surface area contributed by atoms with Crippen LogP contribution in [0.5, 0.6) is 0 Å². The number of esters is 2. The van der Waals surface area contributed by atoms with Crippen molar-refractivity contribution in [1.29, 1.82) is 0 Å². The van der Waals surface area contributed by atoms with Gasteiger partial charge in [0.15, 0.2) is 12.1 Å². The fourth-order valence-corrected chi connectivity index (χ4v) is 5.07. The smallest absolute Gasteiger partial charge is 0.362 e. The predicted octanol–water partition coefficient (Wildman–Crippen LogP) is 8.57. The lowest BCUT2D eigenvalue weighted by atomic mass is 10.1. The van der Waals surface area contributed by atoms with Crippen LogP contribution in [0.3, 0.4) is 0 Å². The first-order valence-electron chi connectivity index (χ1n) is 17.9. The Morgan fingerprint density at radius 2 is 1.24 bits per heavy atom. The molecule has 0 saturated carbocycles. The van der Waals surface area contributed by atoms with Crippen LogP contribution in [-0.2, 0) is 28.6 Å². The summed E-state index contributed by atoms with van der Waals surface area (Å²) in [5, 5.41) is 9.55. The number of aliphatic carboxylic acids is 1. The van der Waals surface area contributed by atoms with Crippen LogP contribution in [-0.4, -0.2) is 80.6 Å². The highest BCUT2D eigenvalue weighted by Gasteiger charge is 2.31. The second kappa shape index (κ2) is 29.2. The molecule has 0 aromatic heterocycles.